The van der Waals surface area contributed by atoms with Crippen LogP contribution < -0.4 is 0 Å². The molecule has 0 aliphatic heterocycles. The van der Waals surface area contributed by atoms with E-state index in [0.717, 1.165) is 114 Å². The van der Waals surface area contributed by atoms with Gasteiger partial charge in [-0.3, -0.25) is 37.3 Å². The van der Waals surface area contributed by atoms with E-state index >= 15 is 0 Å². The van der Waals surface area contributed by atoms with Crippen LogP contribution in [0.4, 0.5) is 0 Å². The number of hydrogen-bond acceptors (Lipinski definition) is 15. The van der Waals surface area contributed by atoms with Gasteiger partial charge in [0.25, 0.3) is 0 Å². The Hall–Kier alpha value is -1.94. The Morgan fingerprint density at radius 3 is 0.724 bits per heavy atom. The average Bonchev–Trinajstić information content (AvgIpc) is 0.981. The molecule has 4 unspecified atom stereocenters. The van der Waals surface area contributed by atoms with Gasteiger partial charge in [0, 0.05) is 25.7 Å². The van der Waals surface area contributed by atoms with E-state index in [2.05, 4.69) is 55.4 Å². The average molecular weight is 1440 g/mol. The van der Waals surface area contributed by atoms with E-state index in [1.54, 1.807) is 0 Å². The second-order valence-electron chi connectivity index (χ2n) is 29.9. The molecule has 0 aromatic heterocycles. The van der Waals surface area contributed by atoms with Gasteiger partial charge in [-0.15, -0.1) is 0 Å². The molecule has 0 fully saturated rings. The lowest BCUT2D eigenvalue weighted by Crippen LogP contribution is -2.30. The molecule has 0 rings (SSSR count). The molecule has 0 amide bonds. The van der Waals surface area contributed by atoms with Crippen LogP contribution in [-0.4, -0.2) is 96.7 Å². The van der Waals surface area contributed by atoms with Crippen molar-refractivity contribution in [3.63, 3.8) is 0 Å². The van der Waals surface area contributed by atoms with Crippen molar-refractivity contribution in [1.29, 1.82) is 0 Å². The first-order valence-corrected chi connectivity index (χ1v) is 43.8. The van der Waals surface area contributed by atoms with Gasteiger partial charge in [-0.25, -0.2) is 9.13 Å². The summed E-state index contributed by atoms with van der Waals surface area (Å²) in [5.41, 5.74) is 0. The molecular formula is C79H154O17P2. The van der Waals surface area contributed by atoms with Gasteiger partial charge in [0.15, 0.2) is 12.2 Å². The molecule has 7 atom stereocenters. The van der Waals surface area contributed by atoms with Crippen LogP contribution in [-0.2, 0) is 65.4 Å². The molecule has 19 heteroatoms. The zero-order chi connectivity index (χ0) is 72.4. The summed E-state index contributed by atoms with van der Waals surface area (Å²) < 4.78 is 68.6. The Balaban J connectivity index is 5.18. The quantitative estimate of drug-likeness (QED) is 0.0222. The molecule has 98 heavy (non-hydrogen) atoms. The monoisotopic (exact) mass is 1440 g/mol. The number of aliphatic hydroxyl groups excluding tert-OH is 1. The van der Waals surface area contributed by atoms with Crippen LogP contribution in [0.1, 0.15) is 402 Å². The summed E-state index contributed by atoms with van der Waals surface area (Å²) in [6.07, 6.45) is 54.3. The molecule has 0 spiro atoms. The van der Waals surface area contributed by atoms with Gasteiger partial charge in [-0.1, -0.05) is 351 Å². The number of phosphoric acid groups is 2. The summed E-state index contributed by atoms with van der Waals surface area (Å²) in [6.45, 7) is 14.2. The summed E-state index contributed by atoms with van der Waals surface area (Å²) >= 11 is 0. The van der Waals surface area contributed by atoms with E-state index in [1.807, 2.05) is 0 Å². The van der Waals surface area contributed by atoms with Crippen molar-refractivity contribution >= 4 is 39.5 Å². The fourth-order valence-electron chi connectivity index (χ4n) is 12.0. The van der Waals surface area contributed by atoms with E-state index < -0.39 is 97.5 Å². The number of rotatable bonds is 76. The number of esters is 4. The second-order valence-corrected chi connectivity index (χ2v) is 32.8. The third-order valence-electron chi connectivity index (χ3n) is 19.0. The summed E-state index contributed by atoms with van der Waals surface area (Å²) in [6, 6.07) is 0. The number of unbranched alkanes of at least 4 members (excludes halogenated alkanes) is 40. The molecule has 0 saturated heterocycles. The van der Waals surface area contributed by atoms with E-state index in [9.17, 15) is 43.2 Å². The first-order chi connectivity index (χ1) is 47.2. The molecule has 0 heterocycles. The summed E-state index contributed by atoms with van der Waals surface area (Å²) in [7, 11) is -9.92. The van der Waals surface area contributed by atoms with Crippen molar-refractivity contribution < 1.29 is 80.2 Å². The van der Waals surface area contributed by atoms with Gasteiger partial charge in [0.1, 0.15) is 19.3 Å². The highest BCUT2D eigenvalue weighted by atomic mass is 31.2. The number of carbonyl (C=O) groups is 4. The zero-order valence-electron chi connectivity index (χ0n) is 64.4. The number of ether oxygens (including phenoxy) is 4. The minimum Gasteiger partial charge on any atom is -0.462 e. The summed E-state index contributed by atoms with van der Waals surface area (Å²) in [4.78, 5) is 72.8. The number of aliphatic hydroxyl groups is 1. The van der Waals surface area contributed by atoms with Crippen molar-refractivity contribution in [2.45, 2.75) is 420 Å². The molecule has 3 N–H and O–H groups in total. The highest BCUT2D eigenvalue weighted by molar-refractivity contribution is 7.47. The smallest absolute Gasteiger partial charge is 0.462 e. The highest BCUT2D eigenvalue weighted by Crippen LogP contribution is 2.45. The molecule has 0 aliphatic carbocycles. The van der Waals surface area contributed by atoms with E-state index in [4.69, 9.17) is 37.0 Å². The molecule has 0 aromatic carbocycles. The van der Waals surface area contributed by atoms with Crippen molar-refractivity contribution in [3.8, 4) is 0 Å². The minimum atomic E-state index is -4.96. The van der Waals surface area contributed by atoms with Crippen LogP contribution in [0.2, 0.25) is 0 Å². The van der Waals surface area contributed by atoms with E-state index in [-0.39, 0.29) is 25.7 Å². The highest BCUT2D eigenvalue weighted by Gasteiger charge is 2.30. The van der Waals surface area contributed by atoms with Crippen LogP contribution in [0.3, 0.4) is 0 Å². The maximum atomic E-state index is 13.1. The Morgan fingerprint density at radius 1 is 0.286 bits per heavy atom. The Labute approximate surface area is 600 Å². The molecule has 0 bridgehead atoms. The van der Waals surface area contributed by atoms with Gasteiger partial charge in [-0.2, -0.15) is 0 Å². The maximum absolute atomic E-state index is 13.1. The van der Waals surface area contributed by atoms with Gasteiger partial charge < -0.3 is 33.8 Å². The Kier molecular flexibility index (Phi) is 66.8. The standard InChI is InChI=1S/C79H154O17P2/c1-9-71(7)57-49-41-32-26-22-17-15-13-11-12-14-16-18-23-27-34-43-51-59-76(81)89-65-74(95-78(83)61-53-45-35-28-24-20-19-21-25-31-39-47-55-69(3)4)67-93-97(85,86)91-63-73(80)64-92-98(87,88)94-68-75(66-90-77(82)60-52-44-38-37-40-48-56-70(5)6)96-79(84)62-54-46-36-30-29-33-42-50-58-72(8)10-2/h69-75,80H,9-68H2,1-8H3,(H,85,86)(H,87,88)/t71?,72?,73-,74-,75-/m1/s1. The topological polar surface area (TPSA) is 237 Å². The Morgan fingerprint density at radius 2 is 0.490 bits per heavy atom. The number of carbonyl (C=O) groups excluding carboxylic acids is 4. The summed E-state index contributed by atoms with van der Waals surface area (Å²) in [5, 5.41) is 10.6. The molecular weight excluding hydrogens is 1280 g/mol. The lowest BCUT2D eigenvalue weighted by Gasteiger charge is -2.21. The van der Waals surface area contributed by atoms with Crippen molar-refractivity contribution in [3.05, 3.63) is 0 Å². The molecule has 17 nitrogen and oxygen atoms in total. The van der Waals surface area contributed by atoms with Crippen LogP contribution >= 0.6 is 15.6 Å². The predicted molar refractivity (Wildman–Crippen MR) is 400 cm³/mol. The van der Waals surface area contributed by atoms with Crippen molar-refractivity contribution in [2.24, 2.45) is 23.7 Å². The number of hydrogen-bond donors (Lipinski definition) is 3. The fraction of sp³-hybridized carbons (Fsp3) is 0.949. The molecule has 0 saturated carbocycles. The van der Waals surface area contributed by atoms with Gasteiger partial charge in [0.2, 0.25) is 0 Å². The predicted octanol–water partition coefficient (Wildman–Crippen LogP) is 23.2. The number of phosphoric ester groups is 2. The van der Waals surface area contributed by atoms with Crippen LogP contribution in [0.15, 0.2) is 0 Å². The SMILES string of the molecule is CCC(C)CCCCCCCCCCCCCCCCCCCCC(=O)OC[C@H](COP(=O)(O)OC[C@@H](O)COP(=O)(O)OC[C@@H](COC(=O)CCCCCCCCC(C)C)OC(=O)CCCCCCCCCCC(C)CC)OC(=O)CCCCCCCCCCCCCCC(C)C. The van der Waals surface area contributed by atoms with Gasteiger partial charge in [0.05, 0.1) is 26.4 Å². The normalized spacial score (nSPS) is 14.6. The largest absolute Gasteiger partial charge is 0.472 e. The van der Waals surface area contributed by atoms with Crippen molar-refractivity contribution in [1.82, 2.24) is 0 Å². The van der Waals surface area contributed by atoms with E-state index in [0.29, 0.717) is 31.6 Å². The maximum Gasteiger partial charge on any atom is 0.472 e. The van der Waals surface area contributed by atoms with Gasteiger partial charge >= 0.3 is 39.5 Å². The first kappa shape index (κ1) is 96.1. The molecule has 0 aromatic rings. The lowest BCUT2D eigenvalue weighted by atomic mass is 9.99. The summed E-state index contributed by atoms with van der Waals surface area (Å²) in [5.74, 6) is 0.978. The van der Waals surface area contributed by atoms with E-state index in [1.165, 1.54) is 199 Å². The first-order valence-electron chi connectivity index (χ1n) is 40.8. The van der Waals surface area contributed by atoms with Crippen LogP contribution in [0, 0.1) is 23.7 Å². The van der Waals surface area contributed by atoms with Crippen LogP contribution in [0.25, 0.3) is 0 Å². The third-order valence-corrected chi connectivity index (χ3v) is 20.9. The molecule has 0 radical (unpaired) electrons. The lowest BCUT2D eigenvalue weighted by molar-refractivity contribution is -0.161. The van der Waals surface area contributed by atoms with Gasteiger partial charge in [-0.05, 0) is 49.4 Å². The Bertz CT molecular complexity index is 1920. The zero-order valence-corrected chi connectivity index (χ0v) is 66.2. The molecule has 0 aliphatic rings. The molecule has 582 valence electrons. The third kappa shape index (κ3) is 69.8. The minimum absolute atomic E-state index is 0.104. The second kappa shape index (κ2) is 68.2. The van der Waals surface area contributed by atoms with Crippen LogP contribution in [0.5, 0.6) is 0 Å². The van der Waals surface area contributed by atoms with Crippen molar-refractivity contribution in [2.75, 3.05) is 39.6 Å². The fourth-order valence-corrected chi connectivity index (χ4v) is 13.6.